The highest BCUT2D eigenvalue weighted by Gasteiger charge is 2.44. The molecule has 2 saturated heterocycles. The predicted octanol–water partition coefficient (Wildman–Crippen LogP) is 2.15. The van der Waals surface area contributed by atoms with E-state index in [1.807, 2.05) is 23.1 Å². The van der Waals surface area contributed by atoms with Crippen molar-refractivity contribution in [3.05, 3.63) is 35.9 Å². The lowest BCUT2D eigenvalue weighted by molar-refractivity contribution is -0.143. The Morgan fingerprint density at radius 3 is 2.30 bits per heavy atom. The van der Waals surface area contributed by atoms with Gasteiger partial charge in [0.05, 0.1) is 10.8 Å². The number of ether oxygens (including phenoxy) is 1. The summed E-state index contributed by atoms with van der Waals surface area (Å²) in [5.41, 5.74) is 0.729. The molecular formula is C18H26N2O2S. The maximum absolute atomic E-state index is 13.4. The van der Waals surface area contributed by atoms with Gasteiger partial charge in [-0.2, -0.15) is 12.6 Å². The predicted molar refractivity (Wildman–Crippen MR) is 94.8 cm³/mol. The van der Waals surface area contributed by atoms with Crippen molar-refractivity contribution in [2.75, 3.05) is 39.4 Å². The third-order valence-electron chi connectivity index (χ3n) is 5.21. The normalized spacial score (nSPS) is 23.5. The molecule has 2 aliphatic heterocycles. The van der Waals surface area contributed by atoms with E-state index >= 15 is 0 Å². The quantitative estimate of drug-likeness (QED) is 0.860. The summed E-state index contributed by atoms with van der Waals surface area (Å²) in [5.74, 6) is 0.276. The molecule has 23 heavy (non-hydrogen) atoms. The fourth-order valence-corrected chi connectivity index (χ4v) is 3.94. The van der Waals surface area contributed by atoms with Crippen LogP contribution in [0.15, 0.2) is 30.3 Å². The van der Waals surface area contributed by atoms with Crippen molar-refractivity contribution in [3.63, 3.8) is 0 Å². The fourth-order valence-electron chi connectivity index (χ4n) is 3.70. The Bertz CT molecular complexity index is 521. The lowest BCUT2D eigenvalue weighted by Gasteiger charge is -2.43. The van der Waals surface area contributed by atoms with Gasteiger partial charge in [0, 0.05) is 39.4 Å². The van der Waals surface area contributed by atoms with E-state index in [9.17, 15) is 4.79 Å². The maximum atomic E-state index is 13.4. The van der Waals surface area contributed by atoms with Crippen LogP contribution in [0.3, 0.4) is 0 Å². The number of amides is 1. The van der Waals surface area contributed by atoms with Crippen LogP contribution in [0.1, 0.15) is 25.3 Å². The van der Waals surface area contributed by atoms with E-state index in [-0.39, 0.29) is 11.3 Å². The molecule has 0 radical (unpaired) electrons. The molecule has 0 aromatic heterocycles. The standard InChI is InChI=1S/C18H26N2O2S/c1-15(23)19-9-11-20(12-10-19)17(21)18(7-13-22-14-8-18)16-5-3-2-4-6-16/h2-6,15,23H,7-14H2,1H3. The molecule has 0 N–H and O–H groups in total. The highest BCUT2D eigenvalue weighted by Crippen LogP contribution is 2.37. The summed E-state index contributed by atoms with van der Waals surface area (Å²) in [7, 11) is 0. The first-order chi connectivity index (χ1) is 11.1. The summed E-state index contributed by atoms with van der Waals surface area (Å²) in [4.78, 5) is 17.7. The first-order valence-corrected chi connectivity index (χ1v) is 9.00. The minimum Gasteiger partial charge on any atom is -0.381 e. The van der Waals surface area contributed by atoms with Crippen LogP contribution in [-0.2, 0) is 14.9 Å². The SMILES string of the molecule is CC(S)N1CCN(C(=O)C2(c3ccccc3)CCOCC2)CC1. The number of benzene rings is 1. The zero-order chi connectivity index (χ0) is 16.3. The van der Waals surface area contributed by atoms with Crippen molar-refractivity contribution in [3.8, 4) is 0 Å². The summed E-state index contributed by atoms with van der Waals surface area (Å²) in [5, 5.41) is 0.249. The van der Waals surface area contributed by atoms with Gasteiger partial charge in [-0.3, -0.25) is 9.69 Å². The van der Waals surface area contributed by atoms with E-state index in [1.54, 1.807) is 0 Å². The summed E-state index contributed by atoms with van der Waals surface area (Å²) in [6.45, 7) is 6.79. The van der Waals surface area contributed by atoms with Crippen molar-refractivity contribution < 1.29 is 9.53 Å². The van der Waals surface area contributed by atoms with Crippen LogP contribution in [-0.4, -0.2) is 60.5 Å². The zero-order valence-corrected chi connectivity index (χ0v) is 14.7. The second kappa shape index (κ2) is 7.24. The lowest BCUT2D eigenvalue weighted by Crippen LogP contribution is -2.56. The molecule has 3 rings (SSSR count). The third kappa shape index (κ3) is 3.42. The Labute approximate surface area is 144 Å². The van der Waals surface area contributed by atoms with Crippen LogP contribution in [0.2, 0.25) is 0 Å². The monoisotopic (exact) mass is 334 g/mol. The zero-order valence-electron chi connectivity index (χ0n) is 13.8. The summed E-state index contributed by atoms with van der Waals surface area (Å²) >= 11 is 4.50. The molecule has 1 unspecified atom stereocenters. The average Bonchev–Trinajstić information content (AvgIpc) is 2.62. The van der Waals surface area contributed by atoms with Gasteiger partial charge in [0.25, 0.3) is 0 Å². The number of rotatable bonds is 3. The number of nitrogens with zero attached hydrogens (tertiary/aromatic N) is 2. The van der Waals surface area contributed by atoms with Gasteiger partial charge < -0.3 is 9.64 Å². The Morgan fingerprint density at radius 1 is 1.13 bits per heavy atom. The van der Waals surface area contributed by atoms with Gasteiger partial charge in [-0.25, -0.2) is 0 Å². The molecule has 4 nitrogen and oxygen atoms in total. The first kappa shape index (κ1) is 16.8. The second-order valence-corrected chi connectivity index (χ2v) is 7.27. The number of hydrogen-bond acceptors (Lipinski definition) is 4. The number of thiol groups is 1. The van der Waals surface area contributed by atoms with Gasteiger partial charge in [-0.05, 0) is 25.3 Å². The van der Waals surface area contributed by atoms with E-state index in [1.165, 1.54) is 0 Å². The molecule has 1 aromatic rings. The molecule has 0 aliphatic carbocycles. The van der Waals surface area contributed by atoms with Crippen LogP contribution >= 0.6 is 12.6 Å². The van der Waals surface area contributed by atoms with E-state index in [4.69, 9.17) is 4.74 Å². The Hall–Kier alpha value is -1.04. The molecule has 2 fully saturated rings. The smallest absolute Gasteiger partial charge is 0.233 e. The summed E-state index contributed by atoms with van der Waals surface area (Å²) in [6, 6.07) is 10.2. The van der Waals surface area contributed by atoms with Crippen LogP contribution in [0, 0.1) is 0 Å². The van der Waals surface area contributed by atoms with Crippen LogP contribution in [0.25, 0.3) is 0 Å². The molecule has 0 bridgehead atoms. The molecule has 1 aromatic carbocycles. The molecule has 2 heterocycles. The van der Waals surface area contributed by atoms with Crippen LogP contribution in [0.4, 0.5) is 0 Å². The van der Waals surface area contributed by atoms with E-state index < -0.39 is 5.41 Å². The number of hydrogen-bond donors (Lipinski definition) is 1. The van der Waals surface area contributed by atoms with E-state index in [0.29, 0.717) is 13.2 Å². The number of carbonyl (C=O) groups is 1. The molecule has 1 amide bonds. The Balaban J connectivity index is 1.79. The van der Waals surface area contributed by atoms with Crippen molar-refractivity contribution in [2.24, 2.45) is 0 Å². The van der Waals surface area contributed by atoms with Crippen LogP contribution < -0.4 is 0 Å². The van der Waals surface area contributed by atoms with Gasteiger partial charge in [0.2, 0.25) is 5.91 Å². The molecule has 1 atom stereocenters. The fraction of sp³-hybridized carbons (Fsp3) is 0.611. The minimum atomic E-state index is -0.408. The molecule has 2 aliphatic rings. The number of carbonyl (C=O) groups excluding carboxylic acids is 1. The van der Waals surface area contributed by atoms with Crippen molar-refractivity contribution in [1.82, 2.24) is 9.80 Å². The highest BCUT2D eigenvalue weighted by atomic mass is 32.1. The largest absolute Gasteiger partial charge is 0.381 e. The maximum Gasteiger partial charge on any atom is 0.233 e. The topological polar surface area (TPSA) is 32.8 Å². The molecular weight excluding hydrogens is 308 g/mol. The third-order valence-corrected chi connectivity index (χ3v) is 5.54. The Kier molecular flexibility index (Phi) is 5.29. The van der Waals surface area contributed by atoms with Gasteiger partial charge in [0.1, 0.15) is 0 Å². The molecule has 5 heteroatoms. The molecule has 0 saturated carbocycles. The second-order valence-electron chi connectivity index (χ2n) is 6.52. The lowest BCUT2D eigenvalue weighted by atomic mass is 9.73. The average molecular weight is 334 g/mol. The Morgan fingerprint density at radius 2 is 1.74 bits per heavy atom. The molecule has 126 valence electrons. The van der Waals surface area contributed by atoms with Crippen molar-refractivity contribution in [1.29, 1.82) is 0 Å². The van der Waals surface area contributed by atoms with Crippen molar-refractivity contribution in [2.45, 2.75) is 30.6 Å². The van der Waals surface area contributed by atoms with Gasteiger partial charge in [-0.15, -0.1) is 0 Å². The van der Waals surface area contributed by atoms with Gasteiger partial charge in [0.15, 0.2) is 0 Å². The summed E-state index contributed by atoms with van der Waals surface area (Å²) in [6.07, 6.45) is 1.55. The van der Waals surface area contributed by atoms with Gasteiger partial charge in [-0.1, -0.05) is 30.3 Å². The van der Waals surface area contributed by atoms with E-state index in [2.05, 4.69) is 36.6 Å². The summed E-state index contributed by atoms with van der Waals surface area (Å²) < 4.78 is 5.54. The van der Waals surface area contributed by atoms with Crippen LogP contribution in [0.5, 0.6) is 0 Å². The number of piperazine rings is 1. The minimum absolute atomic E-state index is 0.249. The highest BCUT2D eigenvalue weighted by molar-refractivity contribution is 7.80. The first-order valence-electron chi connectivity index (χ1n) is 8.48. The van der Waals surface area contributed by atoms with E-state index in [0.717, 1.165) is 44.6 Å². The van der Waals surface area contributed by atoms with Gasteiger partial charge >= 0.3 is 0 Å². The molecule has 0 spiro atoms. The van der Waals surface area contributed by atoms with Crippen molar-refractivity contribution >= 4 is 18.5 Å².